The summed E-state index contributed by atoms with van der Waals surface area (Å²) in [6.45, 7) is 0. The Balaban J connectivity index is 1.88. The third-order valence-electron chi connectivity index (χ3n) is 4.10. The third-order valence-corrected chi connectivity index (χ3v) is 4.54. The fourth-order valence-electron chi connectivity index (χ4n) is 2.98. The molecule has 0 aliphatic carbocycles. The SMILES string of the molecule is COc1ccc2c(-n3ccc4cc(N[SH](=O)=O)ccc43)ccnc2c1. The molecule has 2 heterocycles. The molecule has 0 saturated carbocycles. The molecule has 0 bridgehead atoms. The van der Waals surface area contributed by atoms with Gasteiger partial charge in [0.15, 0.2) is 0 Å². The van der Waals surface area contributed by atoms with Crippen molar-refractivity contribution in [3.05, 3.63) is 60.9 Å². The first-order chi connectivity index (χ1) is 12.2. The zero-order valence-corrected chi connectivity index (χ0v) is 14.2. The number of benzene rings is 2. The van der Waals surface area contributed by atoms with E-state index in [9.17, 15) is 8.42 Å². The average Bonchev–Trinajstić information content (AvgIpc) is 3.03. The molecule has 0 radical (unpaired) electrons. The van der Waals surface area contributed by atoms with Crippen LogP contribution >= 0.6 is 0 Å². The minimum Gasteiger partial charge on any atom is -0.497 e. The summed E-state index contributed by atoms with van der Waals surface area (Å²) in [5.41, 5.74) is 3.37. The molecule has 0 aliphatic rings. The highest BCUT2D eigenvalue weighted by atomic mass is 32.2. The second-order valence-electron chi connectivity index (χ2n) is 5.54. The van der Waals surface area contributed by atoms with Crippen molar-refractivity contribution in [2.24, 2.45) is 0 Å². The molecule has 4 aromatic rings. The van der Waals surface area contributed by atoms with Gasteiger partial charge in [-0.1, -0.05) is 0 Å². The van der Waals surface area contributed by atoms with Crippen molar-refractivity contribution in [3.63, 3.8) is 0 Å². The Bertz CT molecular complexity index is 1160. The molecule has 25 heavy (non-hydrogen) atoms. The van der Waals surface area contributed by atoms with Crippen molar-refractivity contribution in [3.8, 4) is 11.4 Å². The first-order valence-electron chi connectivity index (χ1n) is 7.61. The number of hydrogen-bond acceptors (Lipinski definition) is 4. The summed E-state index contributed by atoms with van der Waals surface area (Å²) in [5, 5.41) is 1.95. The van der Waals surface area contributed by atoms with Gasteiger partial charge in [0.1, 0.15) is 5.75 Å². The number of fused-ring (bicyclic) bond motifs is 2. The predicted molar refractivity (Wildman–Crippen MR) is 99.1 cm³/mol. The van der Waals surface area contributed by atoms with E-state index in [4.69, 9.17) is 4.74 Å². The van der Waals surface area contributed by atoms with Crippen LogP contribution in [0.4, 0.5) is 5.69 Å². The second kappa shape index (κ2) is 6.10. The highest BCUT2D eigenvalue weighted by Crippen LogP contribution is 2.29. The van der Waals surface area contributed by atoms with Crippen molar-refractivity contribution in [2.45, 2.75) is 0 Å². The molecule has 2 aromatic carbocycles. The molecule has 0 spiro atoms. The average molecular weight is 353 g/mol. The predicted octanol–water partition coefficient (Wildman–Crippen LogP) is 3.13. The van der Waals surface area contributed by atoms with Gasteiger partial charge in [0.05, 0.1) is 23.8 Å². The van der Waals surface area contributed by atoms with E-state index in [1.54, 1.807) is 19.4 Å². The van der Waals surface area contributed by atoms with Gasteiger partial charge < -0.3 is 9.30 Å². The summed E-state index contributed by atoms with van der Waals surface area (Å²) in [4.78, 5) is 4.42. The lowest BCUT2D eigenvalue weighted by Crippen LogP contribution is -1.96. The highest BCUT2D eigenvalue weighted by Gasteiger charge is 2.09. The monoisotopic (exact) mass is 353 g/mol. The van der Waals surface area contributed by atoms with Crippen LogP contribution in [0.2, 0.25) is 0 Å². The summed E-state index contributed by atoms with van der Waals surface area (Å²) in [5.74, 6) is 0.761. The van der Waals surface area contributed by atoms with Crippen LogP contribution in [-0.2, 0) is 10.9 Å². The summed E-state index contributed by atoms with van der Waals surface area (Å²) in [6, 6.07) is 15.2. The third kappa shape index (κ3) is 2.78. The number of hydrogen-bond donors (Lipinski definition) is 2. The van der Waals surface area contributed by atoms with E-state index >= 15 is 0 Å². The molecule has 0 atom stereocenters. The summed E-state index contributed by atoms with van der Waals surface area (Å²) in [6.07, 6.45) is 3.73. The summed E-state index contributed by atoms with van der Waals surface area (Å²) in [7, 11) is -1.04. The maximum Gasteiger partial charge on any atom is 0.222 e. The Morgan fingerprint density at radius 3 is 2.76 bits per heavy atom. The van der Waals surface area contributed by atoms with Crippen LogP contribution in [0.25, 0.3) is 27.5 Å². The van der Waals surface area contributed by atoms with Crippen molar-refractivity contribution in [1.82, 2.24) is 9.55 Å². The largest absolute Gasteiger partial charge is 0.497 e. The normalized spacial score (nSPS) is 11.3. The number of rotatable bonds is 4. The molecule has 1 N–H and O–H groups in total. The summed E-state index contributed by atoms with van der Waals surface area (Å²) >= 11 is 0. The van der Waals surface area contributed by atoms with E-state index in [-0.39, 0.29) is 0 Å². The van der Waals surface area contributed by atoms with Gasteiger partial charge >= 0.3 is 0 Å². The number of anilines is 1. The Morgan fingerprint density at radius 1 is 1.08 bits per heavy atom. The van der Waals surface area contributed by atoms with E-state index in [2.05, 4.69) is 14.3 Å². The van der Waals surface area contributed by atoms with Crippen molar-refractivity contribution in [2.75, 3.05) is 11.8 Å². The highest BCUT2D eigenvalue weighted by molar-refractivity contribution is 7.73. The van der Waals surface area contributed by atoms with Crippen LogP contribution < -0.4 is 9.46 Å². The minimum absolute atomic E-state index is 0.547. The van der Waals surface area contributed by atoms with Crippen LogP contribution in [-0.4, -0.2) is 25.1 Å². The van der Waals surface area contributed by atoms with Crippen LogP contribution in [0, 0.1) is 0 Å². The van der Waals surface area contributed by atoms with Crippen LogP contribution in [0.15, 0.2) is 60.9 Å². The lowest BCUT2D eigenvalue weighted by Gasteiger charge is -2.10. The van der Waals surface area contributed by atoms with Gasteiger partial charge in [0.25, 0.3) is 0 Å². The number of pyridine rings is 1. The zero-order chi connectivity index (χ0) is 17.4. The molecule has 0 unspecified atom stereocenters. The Morgan fingerprint density at radius 2 is 1.96 bits per heavy atom. The van der Waals surface area contributed by atoms with Crippen LogP contribution in [0.3, 0.4) is 0 Å². The van der Waals surface area contributed by atoms with E-state index in [1.165, 1.54) is 0 Å². The fraction of sp³-hybridized carbons (Fsp3) is 0.0556. The van der Waals surface area contributed by atoms with Crippen LogP contribution in [0.5, 0.6) is 5.75 Å². The zero-order valence-electron chi connectivity index (χ0n) is 13.3. The first kappa shape index (κ1) is 15.5. The van der Waals surface area contributed by atoms with E-state index in [0.29, 0.717) is 5.69 Å². The van der Waals surface area contributed by atoms with Gasteiger partial charge in [-0.15, -0.1) is 0 Å². The molecule has 0 fully saturated rings. The lowest BCUT2D eigenvalue weighted by atomic mass is 10.1. The van der Waals surface area contributed by atoms with Crippen molar-refractivity contribution in [1.29, 1.82) is 0 Å². The smallest absolute Gasteiger partial charge is 0.222 e. The molecular formula is C18H15N3O3S. The maximum absolute atomic E-state index is 10.8. The Hall–Kier alpha value is -3.06. The van der Waals surface area contributed by atoms with Crippen molar-refractivity contribution < 1.29 is 13.2 Å². The standard InChI is InChI=1S/C18H15N3O3S/c1-24-14-3-4-15-16(11-14)19-8-6-18(15)21-9-7-12-10-13(20-25(22)23)2-5-17(12)21/h2-11,25H,1H3,(H,20,22,23). The number of nitrogens with one attached hydrogen (secondary N) is 1. The minimum atomic E-state index is -2.67. The van der Waals surface area contributed by atoms with Gasteiger partial charge in [-0.2, -0.15) is 0 Å². The fourth-order valence-corrected chi connectivity index (χ4v) is 3.33. The van der Waals surface area contributed by atoms with Crippen LogP contribution in [0.1, 0.15) is 0 Å². The van der Waals surface area contributed by atoms with Gasteiger partial charge in [0.2, 0.25) is 10.9 Å². The van der Waals surface area contributed by atoms with Gasteiger partial charge in [-0.3, -0.25) is 9.71 Å². The van der Waals surface area contributed by atoms with E-state index in [0.717, 1.165) is 33.2 Å². The van der Waals surface area contributed by atoms with Gasteiger partial charge in [-0.05, 0) is 42.5 Å². The molecule has 2 aromatic heterocycles. The molecule has 126 valence electrons. The first-order valence-corrected chi connectivity index (χ1v) is 8.79. The number of thiol groups is 1. The number of nitrogens with zero attached hydrogens (tertiary/aromatic N) is 2. The molecule has 0 amide bonds. The van der Waals surface area contributed by atoms with Gasteiger partial charge in [0, 0.05) is 34.9 Å². The molecule has 4 rings (SSSR count). The number of ether oxygens (including phenoxy) is 1. The van der Waals surface area contributed by atoms with E-state index < -0.39 is 10.9 Å². The summed E-state index contributed by atoms with van der Waals surface area (Å²) < 4.78 is 31.4. The molecule has 0 aliphatic heterocycles. The second-order valence-corrected chi connectivity index (χ2v) is 6.28. The topological polar surface area (TPSA) is 73.2 Å². The molecule has 6 nitrogen and oxygen atoms in total. The quantitative estimate of drug-likeness (QED) is 0.553. The lowest BCUT2D eigenvalue weighted by molar-refractivity contribution is 0.415. The Labute approximate surface area is 145 Å². The Kier molecular flexibility index (Phi) is 3.77. The molecule has 0 saturated heterocycles. The van der Waals surface area contributed by atoms with Crippen molar-refractivity contribution >= 4 is 38.4 Å². The molecule has 7 heteroatoms. The maximum atomic E-state index is 10.8. The number of aromatic nitrogens is 2. The molecular weight excluding hydrogens is 338 g/mol. The number of methoxy groups -OCH3 is 1. The van der Waals surface area contributed by atoms with E-state index in [1.807, 2.05) is 48.7 Å². The van der Waals surface area contributed by atoms with Gasteiger partial charge in [-0.25, -0.2) is 8.42 Å².